The zero-order valence-corrected chi connectivity index (χ0v) is 15.2. The number of Topliss-reactive ketones (excluding diaryl/α,β-unsaturated/α-hetero) is 1. The Balaban J connectivity index is 0.000000254. The molecule has 5 heteroatoms. The summed E-state index contributed by atoms with van der Waals surface area (Å²) in [6.07, 6.45) is -0.442. The number of methoxy groups -OCH3 is 1. The minimum atomic E-state index is -1.00. The fourth-order valence-electron chi connectivity index (χ4n) is 2.72. The predicted octanol–water partition coefficient (Wildman–Crippen LogP) is 3.55. The van der Waals surface area contributed by atoms with Crippen LogP contribution in [0.1, 0.15) is 23.2 Å². The largest absolute Gasteiger partial charge is 0.497 e. The molecule has 2 aromatic carbocycles. The fraction of sp³-hybridized carbons (Fsp3) is 0.381. The number of carbonyl (C=O) groups excluding carboxylic acids is 1. The number of ketones is 1. The number of rotatable bonds is 6. The van der Waals surface area contributed by atoms with Gasteiger partial charge in [-0.3, -0.25) is 9.69 Å². The number of halogens is 1. The summed E-state index contributed by atoms with van der Waals surface area (Å²) < 4.78 is 18.8. The van der Waals surface area contributed by atoms with Crippen LogP contribution in [0.4, 0.5) is 4.39 Å². The van der Waals surface area contributed by atoms with E-state index < -0.39 is 6.30 Å². The maximum Gasteiger partial charge on any atom is 0.163 e. The fourth-order valence-corrected chi connectivity index (χ4v) is 2.72. The Bertz CT molecular complexity index is 631. The van der Waals surface area contributed by atoms with E-state index in [4.69, 9.17) is 4.74 Å². The van der Waals surface area contributed by atoms with Crippen molar-refractivity contribution in [2.75, 3.05) is 33.3 Å². The second kappa shape index (κ2) is 11.4. The number of benzene rings is 2. The maximum atomic E-state index is 13.9. The van der Waals surface area contributed by atoms with Gasteiger partial charge < -0.3 is 10.1 Å². The number of alkyl halides is 1. The SMILES string of the molecule is COc1ccccc1.O=C(CCC(F)N1CCNCC1)c1ccccc1. The third-order valence-electron chi connectivity index (χ3n) is 4.23. The molecule has 0 aliphatic carbocycles. The smallest absolute Gasteiger partial charge is 0.163 e. The van der Waals surface area contributed by atoms with Gasteiger partial charge in [-0.05, 0) is 18.6 Å². The van der Waals surface area contributed by atoms with Crippen LogP contribution in [-0.2, 0) is 0 Å². The maximum absolute atomic E-state index is 13.9. The third kappa shape index (κ3) is 6.94. The van der Waals surface area contributed by atoms with E-state index >= 15 is 0 Å². The molecule has 1 aliphatic rings. The molecule has 1 unspecified atom stereocenters. The molecule has 0 radical (unpaired) electrons. The van der Waals surface area contributed by atoms with Gasteiger partial charge in [0.15, 0.2) is 12.1 Å². The van der Waals surface area contributed by atoms with Crippen molar-refractivity contribution in [2.45, 2.75) is 19.1 Å². The lowest BCUT2D eigenvalue weighted by Gasteiger charge is -2.30. The molecule has 3 rings (SSSR count). The lowest BCUT2D eigenvalue weighted by atomic mass is 10.1. The van der Waals surface area contributed by atoms with Crippen molar-refractivity contribution in [2.24, 2.45) is 0 Å². The Morgan fingerprint density at radius 1 is 1.08 bits per heavy atom. The van der Waals surface area contributed by atoms with Crippen LogP contribution in [0.15, 0.2) is 60.7 Å². The summed E-state index contributed by atoms with van der Waals surface area (Å²) >= 11 is 0. The Morgan fingerprint density at radius 3 is 2.19 bits per heavy atom. The van der Waals surface area contributed by atoms with E-state index in [0.29, 0.717) is 5.56 Å². The molecule has 0 spiro atoms. The van der Waals surface area contributed by atoms with E-state index in [9.17, 15) is 9.18 Å². The highest BCUT2D eigenvalue weighted by Gasteiger charge is 2.20. The molecule has 0 bridgehead atoms. The molecule has 0 aromatic heterocycles. The number of hydrogen-bond acceptors (Lipinski definition) is 4. The van der Waals surface area contributed by atoms with Crippen LogP contribution in [0.2, 0.25) is 0 Å². The Labute approximate surface area is 155 Å². The molecule has 0 saturated carbocycles. The minimum absolute atomic E-state index is 0.0217. The molecule has 2 aromatic rings. The van der Waals surface area contributed by atoms with E-state index in [2.05, 4.69) is 5.32 Å². The van der Waals surface area contributed by atoms with E-state index in [1.54, 1.807) is 24.1 Å². The molecule has 26 heavy (non-hydrogen) atoms. The number of ether oxygens (including phenoxy) is 1. The molecule has 1 aliphatic heterocycles. The molecule has 1 N–H and O–H groups in total. The monoisotopic (exact) mass is 358 g/mol. The number of piperazine rings is 1. The van der Waals surface area contributed by atoms with Crippen LogP contribution in [0.25, 0.3) is 0 Å². The zero-order chi connectivity index (χ0) is 18.6. The summed E-state index contributed by atoms with van der Waals surface area (Å²) in [6.45, 7) is 3.10. The Morgan fingerprint density at radius 2 is 1.65 bits per heavy atom. The lowest BCUT2D eigenvalue weighted by molar-refractivity contribution is 0.0588. The molecule has 1 saturated heterocycles. The highest BCUT2D eigenvalue weighted by atomic mass is 19.1. The van der Waals surface area contributed by atoms with Gasteiger partial charge in [-0.15, -0.1) is 0 Å². The van der Waals surface area contributed by atoms with Crippen molar-refractivity contribution in [3.63, 3.8) is 0 Å². The molecule has 0 amide bonds. The number of carbonyl (C=O) groups is 1. The van der Waals surface area contributed by atoms with Crippen LogP contribution in [0, 0.1) is 0 Å². The zero-order valence-electron chi connectivity index (χ0n) is 15.2. The van der Waals surface area contributed by atoms with E-state index in [-0.39, 0.29) is 18.6 Å². The van der Waals surface area contributed by atoms with Gasteiger partial charge in [-0.1, -0.05) is 48.5 Å². The van der Waals surface area contributed by atoms with Crippen molar-refractivity contribution >= 4 is 5.78 Å². The second-order valence-corrected chi connectivity index (χ2v) is 6.07. The summed E-state index contributed by atoms with van der Waals surface area (Å²) in [5, 5.41) is 3.19. The molecule has 4 nitrogen and oxygen atoms in total. The first-order valence-corrected chi connectivity index (χ1v) is 8.97. The van der Waals surface area contributed by atoms with Crippen molar-refractivity contribution in [1.82, 2.24) is 10.2 Å². The van der Waals surface area contributed by atoms with Crippen LogP contribution in [0.3, 0.4) is 0 Å². The van der Waals surface area contributed by atoms with Crippen LogP contribution >= 0.6 is 0 Å². The summed E-state index contributed by atoms with van der Waals surface area (Å²) in [6, 6.07) is 18.8. The highest BCUT2D eigenvalue weighted by Crippen LogP contribution is 2.13. The van der Waals surface area contributed by atoms with Gasteiger partial charge in [0.05, 0.1) is 7.11 Å². The summed E-state index contributed by atoms with van der Waals surface area (Å²) in [7, 11) is 1.66. The van der Waals surface area contributed by atoms with Gasteiger partial charge in [-0.25, -0.2) is 4.39 Å². The molecule has 1 heterocycles. The number of para-hydroxylation sites is 1. The van der Waals surface area contributed by atoms with Gasteiger partial charge in [0.1, 0.15) is 5.75 Å². The highest BCUT2D eigenvalue weighted by molar-refractivity contribution is 5.95. The van der Waals surface area contributed by atoms with Crippen molar-refractivity contribution < 1.29 is 13.9 Å². The Hall–Kier alpha value is -2.24. The average Bonchev–Trinajstić information content (AvgIpc) is 2.74. The van der Waals surface area contributed by atoms with Gasteiger partial charge >= 0.3 is 0 Å². The first kappa shape index (κ1) is 20.1. The van der Waals surface area contributed by atoms with E-state index in [1.165, 1.54) is 0 Å². The summed E-state index contributed by atoms with van der Waals surface area (Å²) in [5.41, 5.74) is 0.671. The normalized spacial score (nSPS) is 15.5. The van der Waals surface area contributed by atoms with E-state index in [0.717, 1.165) is 31.9 Å². The third-order valence-corrected chi connectivity index (χ3v) is 4.23. The van der Waals surface area contributed by atoms with Gasteiger partial charge in [0.25, 0.3) is 0 Å². The van der Waals surface area contributed by atoms with Gasteiger partial charge in [0.2, 0.25) is 0 Å². The predicted molar refractivity (Wildman–Crippen MR) is 102 cm³/mol. The first-order chi connectivity index (χ1) is 12.7. The van der Waals surface area contributed by atoms with Crippen molar-refractivity contribution in [1.29, 1.82) is 0 Å². The summed E-state index contributed by atoms with van der Waals surface area (Å²) in [5.74, 6) is 0.931. The van der Waals surface area contributed by atoms with Crippen molar-refractivity contribution in [3.8, 4) is 5.75 Å². The number of nitrogens with one attached hydrogen (secondary N) is 1. The number of hydrogen-bond donors (Lipinski definition) is 1. The minimum Gasteiger partial charge on any atom is -0.497 e. The van der Waals surface area contributed by atoms with Gasteiger partial charge in [-0.2, -0.15) is 0 Å². The second-order valence-electron chi connectivity index (χ2n) is 6.07. The van der Waals surface area contributed by atoms with E-state index in [1.807, 2.05) is 48.5 Å². The first-order valence-electron chi connectivity index (χ1n) is 8.97. The molecular formula is C21H27FN2O2. The molecular weight excluding hydrogens is 331 g/mol. The van der Waals surface area contributed by atoms with Crippen LogP contribution in [0.5, 0.6) is 5.75 Å². The van der Waals surface area contributed by atoms with Crippen LogP contribution in [-0.4, -0.2) is 50.3 Å². The molecule has 140 valence electrons. The topological polar surface area (TPSA) is 41.6 Å². The number of nitrogens with zero attached hydrogens (tertiary/aromatic N) is 1. The van der Waals surface area contributed by atoms with Crippen LogP contribution < -0.4 is 10.1 Å². The van der Waals surface area contributed by atoms with Crippen molar-refractivity contribution in [3.05, 3.63) is 66.2 Å². The molecule has 1 atom stereocenters. The molecule has 1 fully saturated rings. The summed E-state index contributed by atoms with van der Waals surface area (Å²) in [4.78, 5) is 13.6. The standard InChI is InChI=1S/C14H19FN2O.C7H8O/c15-14(17-10-8-16-9-11-17)7-6-13(18)12-4-2-1-3-5-12;1-8-7-5-3-2-4-6-7/h1-5,14,16H,6-11H2;2-6H,1H3. The average molecular weight is 358 g/mol. The van der Waals surface area contributed by atoms with Gasteiger partial charge in [0, 0.05) is 38.2 Å². The Kier molecular flexibility index (Phi) is 8.79. The lowest BCUT2D eigenvalue weighted by Crippen LogP contribution is -2.47. The quantitative estimate of drug-likeness (QED) is 0.633.